The zero-order valence-electron chi connectivity index (χ0n) is 37.5. The molecule has 5 nitrogen and oxygen atoms in total. The first kappa shape index (κ1) is 49.6. The van der Waals surface area contributed by atoms with E-state index in [1.807, 2.05) is 70.2 Å². The van der Waals surface area contributed by atoms with Crippen LogP contribution in [0.1, 0.15) is 159 Å². The highest BCUT2D eigenvalue weighted by atomic mass is 16.5. The third kappa shape index (κ3) is 19.2. The molecule has 0 radical (unpaired) electrons. The molecule has 0 aromatic heterocycles. The van der Waals surface area contributed by atoms with Gasteiger partial charge in [-0.3, -0.25) is 9.59 Å². The summed E-state index contributed by atoms with van der Waals surface area (Å²) in [6, 6.07) is 0. The van der Waals surface area contributed by atoms with Crippen LogP contribution >= 0.6 is 0 Å². The number of aliphatic hydroxyl groups excluding tert-OH is 2. The molecule has 0 aromatic carbocycles. The number of Topliss-reactive ketones (excluding diaryl/α,β-unsaturated/α-hetero) is 1. The summed E-state index contributed by atoms with van der Waals surface area (Å²) in [6.07, 6.45) is 39.0. The van der Waals surface area contributed by atoms with Crippen molar-refractivity contribution in [2.45, 2.75) is 171 Å². The van der Waals surface area contributed by atoms with Gasteiger partial charge in [0.05, 0.1) is 12.2 Å². The Labute approximate surface area is 347 Å². The zero-order chi connectivity index (χ0) is 42.4. The minimum atomic E-state index is -0.571. The van der Waals surface area contributed by atoms with E-state index in [4.69, 9.17) is 4.74 Å². The van der Waals surface area contributed by atoms with Crippen molar-refractivity contribution in [3.05, 3.63) is 118 Å². The highest BCUT2D eigenvalue weighted by Crippen LogP contribution is 2.44. The monoisotopic (exact) mass is 783 g/mol. The van der Waals surface area contributed by atoms with Crippen LogP contribution in [0.15, 0.2) is 118 Å². The number of aliphatic hydroxyl groups is 2. The number of esters is 1. The Morgan fingerprint density at radius 1 is 0.754 bits per heavy atom. The van der Waals surface area contributed by atoms with E-state index in [0.717, 1.165) is 48.0 Å². The second-order valence-electron chi connectivity index (χ2n) is 17.9. The third-order valence-corrected chi connectivity index (χ3v) is 11.6. The summed E-state index contributed by atoms with van der Waals surface area (Å²) in [5, 5.41) is 20.7. The fourth-order valence-electron chi connectivity index (χ4n) is 8.19. The number of unbranched alkanes of at least 4 members (excludes halogenated alkanes) is 8. The van der Waals surface area contributed by atoms with Crippen LogP contribution in [-0.2, 0) is 14.3 Å². The number of ether oxygens (including phenoxy) is 1. The maximum absolute atomic E-state index is 13.4. The summed E-state index contributed by atoms with van der Waals surface area (Å²) in [7, 11) is 0. The second-order valence-corrected chi connectivity index (χ2v) is 17.9. The molecule has 0 aliphatic heterocycles. The smallest absolute Gasteiger partial charge is 0.305 e. The minimum absolute atomic E-state index is 0.0299. The number of carbonyl (C=O) groups is 2. The molecular formula is C52H78O5. The van der Waals surface area contributed by atoms with Gasteiger partial charge in [-0.25, -0.2) is 0 Å². The van der Waals surface area contributed by atoms with Crippen LogP contribution in [0.25, 0.3) is 0 Å². The molecule has 57 heavy (non-hydrogen) atoms. The molecule has 2 aliphatic rings. The van der Waals surface area contributed by atoms with Crippen molar-refractivity contribution in [1.29, 1.82) is 0 Å². The second kappa shape index (κ2) is 25.7. The van der Waals surface area contributed by atoms with Crippen LogP contribution < -0.4 is 0 Å². The zero-order valence-corrected chi connectivity index (χ0v) is 37.5. The predicted octanol–water partition coefficient (Wildman–Crippen LogP) is 13.3. The molecule has 5 heteroatoms. The Morgan fingerprint density at radius 2 is 1.30 bits per heavy atom. The molecule has 0 heterocycles. The lowest BCUT2D eigenvalue weighted by molar-refractivity contribution is -0.147. The van der Waals surface area contributed by atoms with Crippen molar-refractivity contribution < 1.29 is 24.5 Å². The quantitative estimate of drug-likeness (QED) is 0.0354. The largest absolute Gasteiger partial charge is 0.465 e. The molecule has 0 bridgehead atoms. The first-order valence-corrected chi connectivity index (χ1v) is 21.8. The third-order valence-electron chi connectivity index (χ3n) is 11.6. The van der Waals surface area contributed by atoms with Crippen LogP contribution in [0.3, 0.4) is 0 Å². The van der Waals surface area contributed by atoms with E-state index in [1.165, 1.54) is 49.7 Å². The molecular weight excluding hydrogens is 705 g/mol. The summed E-state index contributed by atoms with van der Waals surface area (Å²) >= 11 is 0. The van der Waals surface area contributed by atoms with Crippen molar-refractivity contribution in [2.24, 2.45) is 16.7 Å². The topological polar surface area (TPSA) is 83.8 Å². The van der Waals surface area contributed by atoms with Crippen molar-refractivity contribution in [3.63, 3.8) is 0 Å². The average molecular weight is 783 g/mol. The van der Waals surface area contributed by atoms with Crippen LogP contribution in [0.5, 0.6) is 0 Å². The molecule has 0 aromatic rings. The number of ketones is 1. The Kier molecular flexibility index (Phi) is 22.4. The summed E-state index contributed by atoms with van der Waals surface area (Å²) < 4.78 is 5.78. The molecule has 0 unspecified atom stereocenters. The lowest BCUT2D eigenvalue weighted by atomic mass is 9.67. The van der Waals surface area contributed by atoms with E-state index in [2.05, 4.69) is 78.0 Å². The maximum atomic E-state index is 13.4. The molecule has 0 saturated carbocycles. The fourth-order valence-corrected chi connectivity index (χ4v) is 8.19. The fraction of sp³-hybridized carbons (Fsp3) is 0.577. The average Bonchev–Trinajstić information content (AvgIpc) is 3.12. The van der Waals surface area contributed by atoms with Gasteiger partial charge in [-0.05, 0) is 78.2 Å². The van der Waals surface area contributed by atoms with E-state index >= 15 is 0 Å². The molecule has 2 rings (SSSR count). The lowest BCUT2D eigenvalue weighted by Crippen LogP contribution is -2.37. The van der Waals surface area contributed by atoms with Gasteiger partial charge in [-0.2, -0.15) is 0 Å². The van der Waals surface area contributed by atoms with Gasteiger partial charge in [0.15, 0.2) is 5.78 Å². The van der Waals surface area contributed by atoms with Crippen molar-refractivity contribution in [3.8, 4) is 0 Å². The molecule has 2 aliphatic carbocycles. The van der Waals surface area contributed by atoms with Gasteiger partial charge >= 0.3 is 5.97 Å². The number of hydrogen-bond donors (Lipinski definition) is 2. The van der Waals surface area contributed by atoms with Crippen molar-refractivity contribution in [2.75, 3.05) is 6.61 Å². The molecule has 2 N–H and O–H groups in total. The summed E-state index contributed by atoms with van der Waals surface area (Å²) in [5.41, 5.74) is 6.74. The van der Waals surface area contributed by atoms with Gasteiger partial charge in [0.1, 0.15) is 6.61 Å². The predicted molar refractivity (Wildman–Crippen MR) is 242 cm³/mol. The molecule has 0 amide bonds. The number of rotatable bonds is 23. The first-order valence-electron chi connectivity index (χ1n) is 21.8. The maximum Gasteiger partial charge on any atom is 0.305 e. The van der Waals surface area contributed by atoms with Crippen LogP contribution in [0.4, 0.5) is 0 Å². The van der Waals surface area contributed by atoms with Gasteiger partial charge in [-0.15, -0.1) is 0 Å². The first-order chi connectivity index (χ1) is 27.0. The van der Waals surface area contributed by atoms with E-state index in [0.29, 0.717) is 30.8 Å². The van der Waals surface area contributed by atoms with Gasteiger partial charge in [0.25, 0.3) is 0 Å². The molecule has 0 spiro atoms. The highest BCUT2D eigenvalue weighted by Gasteiger charge is 2.39. The molecule has 0 saturated heterocycles. The lowest BCUT2D eigenvalue weighted by Gasteiger charge is -2.39. The summed E-state index contributed by atoms with van der Waals surface area (Å²) in [4.78, 5) is 26.1. The van der Waals surface area contributed by atoms with Gasteiger partial charge in [0, 0.05) is 24.2 Å². The Bertz CT molecular complexity index is 1620. The SMILES string of the molecule is CCCCCCCCCCCC(=O)OC[C@]1(C)C[C@H](O)CC(C)=C1CC(=O)/C(C)=C/C=C/C(C)=C/C=C/C=C(C)/C=C/C=C(C)/C=C/[C@@H]1C(C)=C[C@H](O)CC1(C)C. The van der Waals surface area contributed by atoms with E-state index in [1.54, 1.807) is 0 Å². The number of carbonyl (C=O) groups excluding carboxylic acids is 2. The standard InChI is InChI=1S/C52H78O5/c1-11-12-13-14-15-16-17-18-19-30-50(56)57-38-52(10)37-46(54)34-44(7)48(52)35-49(55)42(5)29-23-28-40(3)25-21-20-24-39(2)26-22-27-41(4)31-32-47-43(6)33-45(53)36-51(47,8)9/h20-29,31-33,45-47,53-54H,11-19,30,34-38H2,1-10H3/b21-20+,26-22+,28-23+,32-31+,39-24+,40-25+,41-27+,42-29+/t45-,46+,47+,52-/m0/s1. The normalized spacial score (nSPS) is 24.1. The van der Waals surface area contributed by atoms with Crippen LogP contribution in [-0.4, -0.2) is 40.8 Å². The van der Waals surface area contributed by atoms with Crippen LogP contribution in [0.2, 0.25) is 0 Å². The summed E-state index contributed by atoms with van der Waals surface area (Å²) in [6.45, 7) is 21.0. The van der Waals surface area contributed by atoms with Crippen molar-refractivity contribution >= 4 is 11.8 Å². The summed E-state index contributed by atoms with van der Waals surface area (Å²) in [5.74, 6) is 0.165. The molecule has 316 valence electrons. The number of hydrogen-bond acceptors (Lipinski definition) is 5. The van der Waals surface area contributed by atoms with E-state index in [-0.39, 0.29) is 36.3 Å². The Hall–Kier alpha value is -3.54. The van der Waals surface area contributed by atoms with Crippen LogP contribution in [0, 0.1) is 16.7 Å². The van der Waals surface area contributed by atoms with Gasteiger partial charge in [0.2, 0.25) is 0 Å². The molecule has 0 fully saturated rings. The van der Waals surface area contributed by atoms with Crippen molar-refractivity contribution in [1.82, 2.24) is 0 Å². The Morgan fingerprint density at radius 3 is 1.89 bits per heavy atom. The minimum Gasteiger partial charge on any atom is -0.465 e. The highest BCUT2D eigenvalue weighted by molar-refractivity contribution is 5.96. The Balaban J connectivity index is 1.88. The van der Waals surface area contributed by atoms with E-state index in [9.17, 15) is 19.8 Å². The number of allylic oxidation sites excluding steroid dienone is 17. The van der Waals surface area contributed by atoms with E-state index < -0.39 is 11.5 Å². The molecule has 4 atom stereocenters. The van der Waals surface area contributed by atoms with Gasteiger partial charge in [-0.1, -0.05) is 191 Å². The van der Waals surface area contributed by atoms with Gasteiger partial charge < -0.3 is 14.9 Å².